The molecule has 3 rings (SSSR count). The van der Waals surface area contributed by atoms with Crippen LogP contribution in [0.4, 0.5) is 26.3 Å². The number of hydrogen-bond donors (Lipinski definition) is 0. The standard InChI is InChI=1S/C16H12F6N2O4S/c17-15(18,19)10-5-6-23-14(7-10)27-11-8-24(9-11)29(25,26)13-4-2-1-3-12(13)28-16(20,21)22/h1-7,11H,8-9H2. The Hall–Kier alpha value is -2.54. The minimum atomic E-state index is -5.08. The van der Waals surface area contributed by atoms with E-state index in [1.807, 2.05) is 0 Å². The molecular formula is C16H12F6N2O4S. The molecule has 1 fully saturated rings. The summed E-state index contributed by atoms with van der Waals surface area (Å²) < 4.78 is 110. The van der Waals surface area contributed by atoms with E-state index >= 15 is 0 Å². The summed E-state index contributed by atoms with van der Waals surface area (Å²) in [6.45, 7) is -0.554. The van der Waals surface area contributed by atoms with Crippen molar-refractivity contribution < 1.29 is 44.2 Å². The Morgan fingerprint density at radius 1 is 1.03 bits per heavy atom. The normalized spacial score (nSPS) is 16.3. The molecule has 1 aliphatic rings. The topological polar surface area (TPSA) is 68.7 Å². The minimum Gasteiger partial charge on any atom is -0.472 e. The van der Waals surface area contributed by atoms with E-state index in [9.17, 15) is 34.8 Å². The molecule has 0 unspecified atom stereocenters. The summed E-state index contributed by atoms with van der Waals surface area (Å²) in [7, 11) is -4.33. The number of aromatic nitrogens is 1. The van der Waals surface area contributed by atoms with E-state index in [0.29, 0.717) is 6.07 Å². The van der Waals surface area contributed by atoms with Crippen molar-refractivity contribution in [3.05, 3.63) is 48.2 Å². The zero-order valence-electron chi connectivity index (χ0n) is 14.2. The van der Waals surface area contributed by atoms with Crippen LogP contribution < -0.4 is 9.47 Å². The van der Waals surface area contributed by atoms with Crippen LogP contribution in [0, 0.1) is 0 Å². The average Bonchev–Trinajstić information content (AvgIpc) is 2.56. The fourth-order valence-electron chi connectivity index (χ4n) is 2.50. The fourth-order valence-corrected chi connectivity index (χ4v) is 4.12. The van der Waals surface area contributed by atoms with E-state index in [1.165, 1.54) is 12.1 Å². The smallest absolute Gasteiger partial charge is 0.472 e. The van der Waals surface area contributed by atoms with Gasteiger partial charge in [-0.2, -0.15) is 17.5 Å². The maximum atomic E-state index is 12.7. The van der Waals surface area contributed by atoms with Crippen LogP contribution in [0.5, 0.6) is 11.6 Å². The van der Waals surface area contributed by atoms with Crippen LogP contribution >= 0.6 is 0 Å². The van der Waals surface area contributed by atoms with Gasteiger partial charge in [-0.15, -0.1) is 13.2 Å². The predicted molar refractivity (Wildman–Crippen MR) is 85.5 cm³/mol. The summed E-state index contributed by atoms with van der Waals surface area (Å²) in [5.74, 6) is -1.23. The lowest BCUT2D eigenvalue weighted by Crippen LogP contribution is -2.56. The lowest BCUT2D eigenvalue weighted by atomic mass is 10.2. The molecule has 2 heterocycles. The molecule has 0 N–H and O–H groups in total. The van der Waals surface area contributed by atoms with Gasteiger partial charge < -0.3 is 9.47 Å². The van der Waals surface area contributed by atoms with Crippen LogP contribution in [0.15, 0.2) is 47.5 Å². The molecule has 13 heteroatoms. The summed E-state index contributed by atoms with van der Waals surface area (Å²) in [5, 5.41) is 0. The number of pyridine rings is 1. The Kier molecular flexibility index (Phi) is 5.38. The number of halogens is 6. The van der Waals surface area contributed by atoms with E-state index in [1.54, 1.807) is 0 Å². The maximum absolute atomic E-state index is 12.7. The first kappa shape index (κ1) is 21.2. The van der Waals surface area contributed by atoms with Gasteiger partial charge in [0.05, 0.1) is 18.7 Å². The Balaban J connectivity index is 1.70. The highest BCUT2D eigenvalue weighted by Crippen LogP contribution is 2.34. The molecule has 0 aliphatic carbocycles. The highest BCUT2D eigenvalue weighted by Gasteiger charge is 2.41. The van der Waals surface area contributed by atoms with Crippen molar-refractivity contribution in [2.75, 3.05) is 13.1 Å². The molecule has 0 radical (unpaired) electrons. The van der Waals surface area contributed by atoms with E-state index in [-0.39, 0.29) is 19.0 Å². The number of ether oxygens (including phenoxy) is 2. The van der Waals surface area contributed by atoms with Crippen LogP contribution in [-0.4, -0.2) is 43.3 Å². The van der Waals surface area contributed by atoms with E-state index in [2.05, 4.69) is 9.72 Å². The monoisotopic (exact) mass is 442 g/mol. The predicted octanol–water partition coefficient (Wildman–Crippen LogP) is 3.45. The number of alkyl halides is 6. The molecule has 0 atom stereocenters. The van der Waals surface area contributed by atoms with Gasteiger partial charge in [0.25, 0.3) is 0 Å². The number of rotatable bonds is 5. The molecular weight excluding hydrogens is 430 g/mol. The van der Waals surface area contributed by atoms with E-state index in [0.717, 1.165) is 28.7 Å². The van der Waals surface area contributed by atoms with Crippen molar-refractivity contribution in [1.82, 2.24) is 9.29 Å². The first-order valence-corrected chi connectivity index (χ1v) is 9.35. The first-order chi connectivity index (χ1) is 13.4. The molecule has 1 aromatic heterocycles. The SMILES string of the molecule is O=S(=O)(c1ccccc1OC(F)(F)F)N1CC(Oc2cc(C(F)(F)F)ccn2)C1. The van der Waals surface area contributed by atoms with Crippen molar-refractivity contribution >= 4 is 10.0 Å². The Bertz CT molecular complexity index is 987. The molecule has 1 aromatic carbocycles. The lowest BCUT2D eigenvalue weighted by Gasteiger charge is -2.37. The summed E-state index contributed by atoms with van der Waals surface area (Å²) in [5.41, 5.74) is -0.982. The number of hydrogen-bond acceptors (Lipinski definition) is 5. The van der Waals surface area contributed by atoms with Gasteiger partial charge in [0.2, 0.25) is 15.9 Å². The van der Waals surface area contributed by atoms with Crippen molar-refractivity contribution in [3.8, 4) is 11.6 Å². The van der Waals surface area contributed by atoms with Crippen molar-refractivity contribution in [3.63, 3.8) is 0 Å². The van der Waals surface area contributed by atoms with Crippen LogP contribution in [0.25, 0.3) is 0 Å². The molecule has 1 aliphatic heterocycles. The second-order valence-corrected chi connectivity index (χ2v) is 7.84. The second-order valence-electron chi connectivity index (χ2n) is 5.94. The lowest BCUT2D eigenvalue weighted by molar-refractivity contribution is -0.275. The van der Waals surface area contributed by atoms with Crippen molar-refractivity contribution in [2.24, 2.45) is 0 Å². The second kappa shape index (κ2) is 7.37. The van der Waals surface area contributed by atoms with Crippen LogP contribution in [0.2, 0.25) is 0 Å². The van der Waals surface area contributed by atoms with Gasteiger partial charge in [0, 0.05) is 12.3 Å². The van der Waals surface area contributed by atoms with Crippen LogP contribution in [0.3, 0.4) is 0 Å². The van der Waals surface area contributed by atoms with Crippen molar-refractivity contribution in [2.45, 2.75) is 23.5 Å². The van der Waals surface area contributed by atoms with Gasteiger partial charge in [-0.25, -0.2) is 13.4 Å². The third-order valence-corrected chi connectivity index (χ3v) is 5.73. The highest BCUT2D eigenvalue weighted by molar-refractivity contribution is 7.89. The minimum absolute atomic E-state index is 0.277. The Morgan fingerprint density at radius 2 is 1.69 bits per heavy atom. The fraction of sp³-hybridized carbons (Fsp3) is 0.312. The largest absolute Gasteiger partial charge is 0.573 e. The molecule has 0 bridgehead atoms. The maximum Gasteiger partial charge on any atom is 0.573 e. The van der Waals surface area contributed by atoms with E-state index < -0.39 is 44.9 Å². The first-order valence-electron chi connectivity index (χ1n) is 7.91. The highest BCUT2D eigenvalue weighted by atomic mass is 32.2. The zero-order chi connectivity index (χ0) is 21.4. The molecule has 2 aromatic rings. The third kappa shape index (κ3) is 4.90. The molecule has 0 saturated carbocycles. The average molecular weight is 442 g/mol. The number of benzene rings is 1. The van der Waals surface area contributed by atoms with E-state index in [4.69, 9.17) is 4.74 Å². The molecule has 6 nitrogen and oxygen atoms in total. The Morgan fingerprint density at radius 3 is 2.31 bits per heavy atom. The molecule has 1 saturated heterocycles. The molecule has 0 amide bonds. The summed E-state index contributed by atoms with van der Waals surface area (Å²) in [6.07, 6.45) is -9.59. The number of sulfonamides is 1. The molecule has 29 heavy (non-hydrogen) atoms. The zero-order valence-corrected chi connectivity index (χ0v) is 15.1. The quantitative estimate of drug-likeness (QED) is 0.664. The number of para-hydroxylation sites is 1. The Labute approximate surface area is 160 Å². The van der Waals surface area contributed by atoms with Gasteiger partial charge in [0.1, 0.15) is 16.7 Å². The van der Waals surface area contributed by atoms with Gasteiger partial charge in [-0.3, -0.25) is 0 Å². The van der Waals surface area contributed by atoms with Crippen molar-refractivity contribution in [1.29, 1.82) is 0 Å². The third-order valence-electron chi connectivity index (χ3n) is 3.86. The van der Waals surface area contributed by atoms with Gasteiger partial charge in [-0.1, -0.05) is 12.1 Å². The van der Waals surface area contributed by atoms with Crippen LogP contribution in [0.1, 0.15) is 5.56 Å². The van der Waals surface area contributed by atoms with Gasteiger partial charge in [-0.05, 0) is 18.2 Å². The van der Waals surface area contributed by atoms with Gasteiger partial charge in [0.15, 0.2) is 0 Å². The van der Waals surface area contributed by atoms with Crippen LogP contribution in [-0.2, 0) is 16.2 Å². The molecule has 0 spiro atoms. The summed E-state index contributed by atoms with van der Waals surface area (Å²) in [6, 6.07) is 5.66. The molecule has 158 valence electrons. The summed E-state index contributed by atoms with van der Waals surface area (Å²) in [4.78, 5) is 2.95. The summed E-state index contributed by atoms with van der Waals surface area (Å²) >= 11 is 0. The van der Waals surface area contributed by atoms with Gasteiger partial charge >= 0.3 is 12.5 Å². The number of nitrogens with zero attached hydrogens (tertiary/aromatic N) is 2.